The first-order valence-corrected chi connectivity index (χ1v) is 6.18. The maximum absolute atomic E-state index is 11.6. The molecule has 18 heavy (non-hydrogen) atoms. The van der Waals surface area contributed by atoms with Crippen LogP contribution in [0.3, 0.4) is 0 Å². The maximum Gasteiger partial charge on any atom is 0.340 e. The fourth-order valence-electron chi connectivity index (χ4n) is 1.49. The number of nitrogens with two attached hydrogens (primary N) is 1. The van der Waals surface area contributed by atoms with E-state index in [4.69, 9.17) is 10.5 Å². The average molecular weight is 263 g/mol. The number of aromatic nitrogens is 1. The molecule has 5 nitrogen and oxygen atoms in total. The molecule has 2 aromatic heterocycles. The van der Waals surface area contributed by atoms with Crippen LogP contribution in [0.4, 0.5) is 11.5 Å². The minimum atomic E-state index is -0.433. The summed E-state index contributed by atoms with van der Waals surface area (Å²) in [6.07, 6.45) is 1.54. The number of ether oxygens (including phenoxy) is 1. The zero-order valence-corrected chi connectivity index (χ0v) is 10.7. The van der Waals surface area contributed by atoms with Crippen molar-refractivity contribution in [3.8, 4) is 0 Å². The second-order valence-electron chi connectivity index (χ2n) is 3.58. The minimum Gasteiger partial charge on any atom is -0.465 e. The zero-order valence-electron chi connectivity index (χ0n) is 9.84. The number of carbonyl (C=O) groups excluding carboxylic acids is 1. The van der Waals surface area contributed by atoms with Crippen molar-refractivity contribution >= 4 is 28.8 Å². The molecule has 0 unspecified atom stereocenters. The van der Waals surface area contributed by atoms with E-state index in [2.05, 4.69) is 10.3 Å². The Morgan fingerprint density at radius 3 is 3.11 bits per heavy atom. The first-order valence-electron chi connectivity index (χ1n) is 5.31. The van der Waals surface area contributed by atoms with Crippen LogP contribution in [0.2, 0.25) is 0 Å². The topological polar surface area (TPSA) is 77.2 Å². The molecule has 6 heteroatoms. The molecule has 0 bridgehead atoms. The summed E-state index contributed by atoms with van der Waals surface area (Å²) < 4.78 is 4.71. The van der Waals surface area contributed by atoms with Crippen molar-refractivity contribution in [2.24, 2.45) is 0 Å². The van der Waals surface area contributed by atoms with E-state index >= 15 is 0 Å². The third kappa shape index (κ3) is 2.78. The summed E-state index contributed by atoms with van der Waals surface area (Å²) >= 11 is 1.64. The van der Waals surface area contributed by atoms with Gasteiger partial charge in [0.25, 0.3) is 0 Å². The van der Waals surface area contributed by atoms with Gasteiger partial charge in [-0.15, -0.1) is 11.3 Å². The van der Waals surface area contributed by atoms with Gasteiger partial charge in [-0.3, -0.25) is 0 Å². The first kappa shape index (κ1) is 12.4. The van der Waals surface area contributed by atoms with Gasteiger partial charge in [-0.05, 0) is 17.5 Å². The number of nitrogens with zero attached hydrogens (tertiary/aromatic N) is 1. The van der Waals surface area contributed by atoms with Crippen molar-refractivity contribution in [1.82, 2.24) is 4.98 Å². The predicted octanol–water partition coefficient (Wildman–Crippen LogP) is 2.12. The minimum absolute atomic E-state index is 0.289. The normalized spacial score (nSPS) is 10.1. The highest BCUT2D eigenvalue weighted by molar-refractivity contribution is 7.09. The SMILES string of the molecule is COC(=O)c1cc(N)ncc1NCc1cccs1. The Bertz CT molecular complexity index is 540. The summed E-state index contributed by atoms with van der Waals surface area (Å²) in [5, 5.41) is 5.15. The van der Waals surface area contributed by atoms with E-state index < -0.39 is 5.97 Å². The number of carbonyl (C=O) groups is 1. The van der Waals surface area contributed by atoms with Crippen molar-refractivity contribution in [3.63, 3.8) is 0 Å². The van der Waals surface area contributed by atoms with Crippen LogP contribution < -0.4 is 11.1 Å². The number of nitrogen functional groups attached to an aromatic ring is 1. The molecule has 2 aromatic rings. The van der Waals surface area contributed by atoms with E-state index in [0.717, 1.165) is 0 Å². The summed E-state index contributed by atoms with van der Waals surface area (Å²) in [6, 6.07) is 5.49. The van der Waals surface area contributed by atoms with Gasteiger partial charge in [-0.25, -0.2) is 9.78 Å². The number of hydrogen-bond acceptors (Lipinski definition) is 6. The van der Waals surface area contributed by atoms with Crippen LogP contribution in [0.15, 0.2) is 29.8 Å². The predicted molar refractivity (Wildman–Crippen MR) is 71.6 cm³/mol. The van der Waals surface area contributed by atoms with E-state index in [-0.39, 0.29) is 5.82 Å². The van der Waals surface area contributed by atoms with E-state index in [1.54, 1.807) is 11.3 Å². The largest absolute Gasteiger partial charge is 0.465 e. The lowest BCUT2D eigenvalue weighted by atomic mass is 10.2. The number of thiophene rings is 1. The molecule has 2 heterocycles. The van der Waals surface area contributed by atoms with Crippen molar-refractivity contribution < 1.29 is 9.53 Å². The van der Waals surface area contributed by atoms with Crippen LogP contribution >= 0.6 is 11.3 Å². The van der Waals surface area contributed by atoms with Gasteiger partial charge in [-0.1, -0.05) is 6.07 Å². The van der Waals surface area contributed by atoms with E-state index in [1.807, 2.05) is 17.5 Å². The highest BCUT2D eigenvalue weighted by Gasteiger charge is 2.12. The van der Waals surface area contributed by atoms with Gasteiger partial charge in [0, 0.05) is 11.4 Å². The molecule has 0 aliphatic carbocycles. The quantitative estimate of drug-likeness (QED) is 0.826. The lowest BCUT2D eigenvalue weighted by Gasteiger charge is -2.10. The first-order chi connectivity index (χ1) is 8.70. The number of methoxy groups -OCH3 is 1. The van der Waals surface area contributed by atoms with Crippen molar-refractivity contribution in [2.75, 3.05) is 18.2 Å². The standard InChI is InChI=1S/C12H13N3O2S/c1-17-12(16)9-5-11(13)15-7-10(9)14-6-8-3-2-4-18-8/h2-5,7,14H,6H2,1H3,(H2,13,15). The smallest absolute Gasteiger partial charge is 0.340 e. The molecule has 0 aliphatic rings. The molecule has 0 aromatic carbocycles. The lowest BCUT2D eigenvalue weighted by molar-refractivity contribution is 0.0601. The Morgan fingerprint density at radius 1 is 1.61 bits per heavy atom. The second kappa shape index (κ2) is 5.50. The Labute approximate surface area is 109 Å². The van der Waals surface area contributed by atoms with Gasteiger partial charge < -0.3 is 15.8 Å². The number of anilines is 2. The van der Waals surface area contributed by atoms with E-state index in [9.17, 15) is 4.79 Å². The molecule has 0 spiro atoms. The molecular formula is C12H13N3O2S. The molecule has 0 fully saturated rings. The van der Waals surface area contributed by atoms with Gasteiger partial charge >= 0.3 is 5.97 Å². The van der Waals surface area contributed by atoms with Gasteiger partial charge in [0.05, 0.1) is 24.6 Å². The summed E-state index contributed by atoms with van der Waals surface area (Å²) in [6.45, 7) is 0.632. The summed E-state index contributed by atoms with van der Waals surface area (Å²) in [5.74, 6) is -0.144. The van der Waals surface area contributed by atoms with Crippen LogP contribution in [0.5, 0.6) is 0 Å². The van der Waals surface area contributed by atoms with Crippen LogP contribution in [0, 0.1) is 0 Å². The van der Waals surface area contributed by atoms with Gasteiger partial charge in [-0.2, -0.15) is 0 Å². The van der Waals surface area contributed by atoms with Crippen molar-refractivity contribution in [2.45, 2.75) is 6.54 Å². The summed E-state index contributed by atoms with van der Waals surface area (Å²) in [4.78, 5) is 16.7. The Hall–Kier alpha value is -2.08. The molecule has 0 amide bonds. The van der Waals surface area contributed by atoms with Crippen molar-refractivity contribution in [3.05, 3.63) is 40.2 Å². The molecule has 3 N–H and O–H groups in total. The van der Waals surface area contributed by atoms with Crippen LogP contribution in [0.1, 0.15) is 15.2 Å². The van der Waals surface area contributed by atoms with E-state index in [0.29, 0.717) is 17.8 Å². The average Bonchev–Trinajstić information content (AvgIpc) is 2.89. The van der Waals surface area contributed by atoms with Crippen LogP contribution in [0.25, 0.3) is 0 Å². The highest BCUT2D eigenvalue weighted by atomic mass is 32.1. The molecule has 0 aliphatic heterocycles. The number of esters is 1. The molecule has 94 valence electrons. The maximum atomic E-state index is 11.6. The number of hydrogen-bond donors (Lipinski definition) is 2. The lowest BCUT2D eigenvalue weighted by Crippen LogP contribution is -2.09. The van der Waals surface area contributed by atoms with Crippen LogP contribution in [-0.4, -0.2) is 18.1 Å². The molecule has 0 atom stereocenters. The summed E-state index contributed by atoms with van der Waals surface area (Å²) in [5.41, 5.74) is 6.57. The van der Waals surface area contributed by atoms with Crippen molar-refractivity contribution in [1.29, 1.82) is 0 Å². The van der Waals surface area contributed by atoms with Gasteiger partial charge in [0.1, 0.15) is 5.82 Å². The zero-order chi connectivity index (χ0) is 13.0. The third-order valence-electron chi connectivity index (χ3n) is 2.36. The van der Waals surface area contributed by atoms with Gasteiger partial charge in [0.2, 0.25) is 0 Å². The third-order valence-corrected chi connectivity index (χ3v) is 3.24. The highest BCUT2D eigenvalue weighted by Crippen LogP contribution is 2.19. The fraction of sp³-hybridized carbons (Fsp3) is 0.167. The Balaban J connectivity index is 2.18. The Kier molecular flexibility index (Phi) is 3.78. The fourth-order valence-corrected chi connectivity index (χ4v) is 2.13. The second-order valence-corrected chi connectivity index (χ2v) is 4.61. The molecule has 2 rings (SSSR count). The number of pyridine rings is 1. The van der Waals surface area contributed by atoms with Crippen LogP contribution in [-0.2, 0) is 11.3 Å². The molecule has 0 saturated heterocycles. The number of rotatable bonds is 4. The van der Waals surface area contributed by atoms with Gasteiger partial charge in [0.15, 0.2) is 0 Å². The van der Waals surface area contributed by atoms with E-state index in [1.165, 1.54) is 24.3 Å². The summed E-state index contributed by atoms with van der Waals surface area (Å²) in [7, 11) is 1.34. The molecular weight excluding hydrogens is 250 g/mol. The molecule has 0 saturated carbocycles. The number of nitrogens with one attached hydrogen (secondary N) is 1. The monoisotopic (exact) mass is 263 g/mol. The molecule has 0 radical (unpaired) electrons. The Morgan fingerprint density at radius 2 is 2.44 bits per heavy atom.